The van der Waals surface area contributed by atoms with Gasteiger partial charge in [-0.1, -0.05) is 63.4 Å². The second kappa shape index (κ2) is 11.0. The minimum Gasteiger partial charge on any atom is -0.426 e. The lowest BCUT2D eigenvalue weighted by atomic mass is 10.3. The number of carbonyl (C=O) groups excluding carboxylic acids is 2. The van der Waals surface area contributed by atoms with Gasteiger partial charge < -0.3 is 9.47 Å². The zero-order valence-electron chi connectivity index (χ0n) is 15.2. The van der Waals surface area contributed by atoms with Crippen LogP contribution in [-0.2, 0) is 20.5 Å². The Morgan fingerprint density at radius 3 is 1.38 bits per heavy atom. The Kier molecular flexibility index (Phi) is 8.37. The molecule has 3 aromatic carbocycles. The van der Waals surface area contributed by atoms with Crippen LogP contribution in [0.25, 0.3) is 0 Å². The maximum atomic E-state index is 11.5. The van der Waals surface area contributed by atoms with Gasteiger partial charge in [0, 0.05) is 0 Å². The van der Waals surface area contributed by atoms with E-state index in [2.05, 4.69) is 12.1 Å². The first kappa shape index (κ1) is 22.1. The number of rotatable bonds is 7. The molecule has 0 aromatic heterocycles. The first-order valence-electron chi connectivity index (χ1n) is 8.63. The van der Waals surface area contributed by atoms with E-state index in [1.165, 1.54) is 4.90 Å². The van der Waals surface area contributed by atoms with E-state index in [0.29, 0.717) is 20.4 Å². The van der Waals surface area contributed by atoms with Crippen LogP contribution in [-0.4, -0.2) is 20.8 Å². The third-order valence-corrected chi connectivity index (χ3v) is 7.26. The van der Waals surface area contributed by atoms with Gasteiger partial charge in [0.25, 0.3) is 0 Å². The summed E-state index contributed by atoms with van der Waals surface area (Å²) < 4.78 is 11.2. The monoisotopic (exact) mass is 631 g/mol. The number of hydrogen-bond acceptors (Lipinski definition) is 4. The number of hydrogen-bond donors (Lipinski definition) is 0. The van der Waals surface area contributed by atoms with Gasteiger partial charge in [-0.2, -0.15) is 0 Å². The molecule has 0 aliphatic heterocycles. The van der Waals surface area contributed by atoms with Crippen molar-refractivity contribution in [1.29, 1.82) is 0 Å². The van der Waals surface area contributed by atoms with Crippen molar-refractivity contribution in [1.82, 2.24) is 0 Å². The fourth-order valence-electron chi connectivity index (χ4n) is 2.57. The molecule has 0 amide bonds. The van der Waals surface area contributed by atoms with E-state index in [-0.39, 0.29) is 22.8 Å². The average Bonchev–Trinajstić information content (AvgIpc) is 2.77. The summed E-state index contributed by atoms with van der Waals surface area (Å²) in [6, 6.07) is 25.4. The molecule has 0 aliphatic rings. The number of halogens is 2. The molecule has 0 saturated heterocycles. The lowest BCUT2D eigenvalue weighted by molar-refractivity contribution is -0.132. The highest BCUT2D eigenvalue weighted by molar-refractivity contribution is 14.1. The molecule has 3 aromatic rings. The van der Waals surface area contributed by atoms with E-state index in [1.807, 2.05) is 112 Å². The van der Waals surface area contributed by atoms with E-state index in [4.69, 9.17) is 9.47 Å². The van der Waals surface area contributed by atoms with Crippen LogP contribution < -0.4 is 9.47 Å². The molecule has 0 spiro atoms. The SMILES string of the molecule is O=C(CI)Oc1ccc([S+](c2ccccc2)c2ccc(OC(=O)CI)cc2)cc1. The molecule has 29 heavy (non-hydrogen) atoms. The third-order valence-electron chi connectivity index (χ3n) is 3.78. The molecule has 0 unspecified atom stereocenters. The average molecular weight is 631 g/mol. The van der Waals surface area contributed by atoms with Gasteiger partial charge in [0.2, 0.25) is 0 Å². The van der Waals surface area contributed by atoms with Crippen LogP contribution in [0, 0.1) is 0 Å². The van der Waals surface area contributed by atoms with Crippen molar-refractivity contribution in [2.75, 3.05) is 8.86 Å². The third kappa shape index (κ3) is 6.19. The highest BCUT2D eigenvalue weighted by Crippen LogP contribution is 2.33. The summed E-state index contributed by atoms with van der Waals surface area (Å²) in [5, 5.41) is 0. The molecule has 7 heteroatoms. The Morgan fingerprint density at radius 2 is 1.00 bits per heavy atom. The van der Waals surface area contributed by atoms with E-state index in [0.717, 1.165) is 9.79 Å². The number of ether oxygens (including phenoxy) is 2. The van der Waals surface area contributed by atoms with Crippen LogP contribution in [0.15, 0.2) is 93.5 Å². The Morgan fingerprint density at radius 1 is 0.621 bits per heavy atom. The Hall–Kier alpha value is -1.59. The molecule has 4 nitrogen and oxygen atoms in total. The summed E-state index contributed by atoms with van der Waals surface area (Å²) in [6.07, 6.45) is 0. The van der Waals surface area contributed by atoms with Gasteiger partial charge >= 0.3 is 11.9 Å². The van der Waals surface area contributed by atoms with Gasteiger partial charge in [-0.3, -0.25) is 9.59 Å². The van der Waals surface area contributed by atoms with Crippen molar-refractivity contribution < 1.29 is 19.1 Å². The molecule has 148 valence electrons. The molecule has 0 heterocycles. The maximum Gasteiger partial charge on any atom is 0.321 e. The standard InChI is InChI=1S/C22H17I2O4S/c23-14-21(25)27-16-6-10-19(11-7-16)29(18-4-2-1-3-5-18)20-12-8-17(9-13-20)28-22(26)15-24/h1-13H,14-15H2/q+1. The highest BCUT2D eigenvalue weighted by Gasteiger charge is 2.28. The van der Waals surface area contributed by atoms with Gasteiger partial charge in [-0.15, -0.1) is 0 Å². The molecule has 3 rings (SSSR count). The smallest absolute Gasteiger partial charge is 0.321 e. The normalized spacial score (nSPS) is 10.6. The van der Waals surface area contributed by atoms with Crippen LogP contribution in [0.3, 0.4) is 0 Å². The van der Waals surface area contributed by atoms with Crippen molar-refractivity contribution in [3.63, 3.8) is 0 Å². The summed E-state index contributed by atoms with van der Waals surface area (Å²) in [4.78, 5) is 26.4. The molecule has 0 aliphatic carbocycles. The highest BCUT2D eigenvalue weighted by atomic mass is 127. The van der Waals surface area contributed by atoms with E-state index in [1.54, 1.807) is 0 Å². The molecule has 0 fully saturated rings. The summed E-state index contributed by atoms with van der Waals surface area (Å²) in [7, 11) is -0.344. The van der Waals surface area contributed by atoms with Crippen LogP contribution >= 0.6 is 45.2 Å². The fraction of sp³-hybridized carbons (Fsp3) is 0.0909. The second-order valence-corrected chi connectivity index (χ2v) is 9.33. The lowest BCUT2D eigenvalue weighted by Gasteiger charge is -2.09. The number of esters is 2. The summed E-state index contributed by atoms with van der Waals surface area (Å²) >= 11 is 3.96. The van der Waals surface area contributed by atoms with Gasteiger partial charge in [0.1, 0.15) is 11.5 Å². The quantitative estimate of drug-likeness (QED) is 0.114. The Labute approximate surface area is 199 Å². The van der Waals surface area contributed by atoms with Gasteiger partial charge in [-0.25, -0.2) is 0 Å². The van der Waals surface area contributed by atoms with E-state index in [9.17, 15) is 9.59 Å². The molecule has 0 radical (unpaired) electrons. The summed E-state index contributed by atoms with van der Waals surface area (Å²) in [5.74, 6) is 0.537. The second-order valence-electron chi connectivity index (χ2n) is 5.78. The summed E-state index contributed by atoms with van der Waals surface area (Å²) in [5.41, 5.74) is 0. The molecular formula is C22H17I2O4S+. The largest absolute Gasteiger partial charge is 0.426 e. The minimum absolute atomic E-state index is 0.267. The number of alkyl halides is 2. The van der Waals surface area contributed by atoms with Crippen LogP contribution in [0.5, 0.6) is 11.5 Å². The van der Waals surface area contributed by atoms with E-state index < -0.39 is 0 Å². The van der Waals surface area contributed by atoms with Crippen molar-refractivity contribution >= 4 is 68.0 Å². The van der Waals surface area contributed by atoms with Gasteiger partial charge in [-0.05, 0) is 60.7 Å². The predicted octanol–water partition coefficient (Wildman–Crippen LogP) is 5.46. The lowest BCUT2D eigenvalue weighted by Crippen LogP contribution is -2.10. The molecular weight excluding hydrogens is 614 g/mol. The number of benzene rings is 3. The van der Waals surface area contributed by atoms with Crippen molar-refractivity contribution in [3.8, 4) is 11.5 Å². The van der Waals surface area contributed by atoms with Gasteiger partial charge in [0.15, 0.2) is 14.7 Å². The van der Waals surface area contributed by atoms with Crippen LogP contribution in [0.1, 0.15) is 0 Å². The number of carbonyl (C=O) groups is 2. The van der Waals surface area contributed by atoms with Gasteiger partial charge in [0.05, 0.1) is 19.8 Å². The topological polar surface area (TPSA) is 52.6 Å². The van der Waals surface area contributed by atoms with Crippen LogP contribution in [0.2, 0.25) is 0 Å². The van der Waals surface area contributed by atoms with Crippen LogP contribution in [0.4, 0.5) is 0 Å². The molecule has 0 atom stereocenters. The first-order valence-corrected chi connectivity index (χ1v) is 12.9. The van der Waals surface area contributed by atoms with E-state index >= 15 is 0 Å². The first-order chi connectivity index (χ1) is 14.1. The van der Waals surface area contributed by atoms with Crippen molar-refractivity contribution in [2.24, 2.45) is 0 Å². The van der Waals surface area contributed by atoms with Crippen molar-refractivity contribution in [3.05, 3.63) is 78.9 Å². The Bertz CT molecular complexity index is 899. The minimum atomic E-state index is -0.344. The zero-order valence-corrected chi connectivity index (χ0v) is 20.3. The zero-order chi connectivity index (χ0) is 20.6. The Balaban J connectivity index is 1.92. The summed E-state index contributed by atoms with van der Waals surface area (Å²) in [6.45, 7) is 0. The predicted molar refractivity (Wildman–Crippen MR) is 131 cm³/mol. The molecule has 0 bridgehead atoms. The molecule has 0 saturated carbocycles. The molecule has 0 N–H and O–H groups in total. The fourth-order valence-corrected chi connectivity index (χ4v) is 4.94. The van der Waals surface area contributed by atoms with Crippen molar-refractivity contribution in [2.45, 2.75) is 14.7 Å². The maximum absolute atomic E-state index is 11.5.